The van der Waals surface area contributed by atoms with Crippen molar-refractivity contribution in [2.45, 2.75) is 25.3 Å². The van der Waals surface area contributed by atoms with Gasteiger partial charge in [0.1, 0.15) is 5.75 Å². The number of nitrogens with one attached hydrogen (secondary N) is 2. The second kappa shape index (κ2) is 7.86. The predicted octanol–water partition coefficient (Wildman–Crippen LogP) is 2.74. The Morgan fingerprint density at radius 3 is 3.10 bits per heavy atom. The van der Waals surface area contributed by atoms with Crippen molar-refractivity contribution in [3.05, 3.63) is 27.7 Å². The zero-order valence-electron chi connectivity index (χ0n) is 11.1. The van der Waals surface area contributed by atoms with Crippen LogP contribution in [0.4, 0.5) is 0 Å². The van der Waals surface area contributed by atoms with Gasteiger partial charge in [-0.2, -0.15) is 0 Å². The fourth-order valence-electron chi connectivity index (χ4n) is 2.10. The van der Waals surface area contributed by atoms with Crippen molar-refractivity contribution in [1.29, 1.82) is 0 Å². The van der Waals surface area contributed by atoms with Crippen LogP contribution in [0.15, 0.2) is 22.7 Å². The molecule has 2 N–H and O–H groups in total. The molecule has 1 aromatic carbocycles. The molecule has 1 amide bonds. The molecule has 6 heteroatoms. The van der Waals surface area contributed by atoms with Crippen molar-refractivity contribution in [3.8, 4) is 5.75 Å². The standard InChI is InChI=1S/C14H18BrClN2O2/c15-12-8-10(16)3-4-13(12)20-7-5-14(19)18-9-11-2-1-6-17-11/h3-4,8,11,17H,1-2,5-7,9H2,(H,18,19). The number of rotatable bonds is 6. The van der Waals surface area contributed by atoms with Gasteiger partial charge in [0, 0.05) is 17.6 Å². The van der Waals surface area contributed by atoms with Gasteiger partial charge in [-0.1, -0.05) is 11.6 Å². The van der Waals surface area contributed by atoms with Gasteiger partial charge in [-0.15, -0.1) is 0 Å². The van der Waals surface area contributed by atoms with Crippen molar-refractivity contribution in [2.24, 2.45) is 0 Å². The van der Waals surface area contributed by atoms with E-state index in [1.165, 1.54) is 6.42 Å². The molecule has 4 nitrogen and oxygen atoms in total. The minimum Gasteiger partial charge on any atom is -0.492 e. The third-order valence-electron chi connectivity index (χ3n) is 3.19. The molecule has 0 bridgehead atoms. The van der Waals surface area contributed by atoms with Crippen molar-refractivity contribution in [1.82, 2.24) is 10.6 Å². The van der Waals surface area contributed by atoms with Gasteiger partial charge in [0.25, 0.3) is 0 Å². The second-order valence-corrected chi connectivity index (χ2v) is 6.06. The highest BCUT2D eigenvalue weighted by Crippen LogP contribution is 2.27. The van der Waals surface area contributed by atoms with Crippen LogP contribution >= 0.6 is 27.5 Å². The second-order valence-electron chi connectivity index (χ2n) is 4.77. The Balaban J connectivity index is 1.65. The number of amides is 1. The molecule has 1 aromatic rings. The minimum atomic E-state index is 0.0174. The third-order valence-corrected chi connectivity index (χ3v) is 4.04. The van der Waals surface area contributed by atoms with Crippen LogP contribution in [-0.4, -0.2) is 31.6 Å². The maximum atomic E-state index is 11.7. The lowest BCUT2D eigenvalue weighted by Gasteiger charge is -2.12. The Hall–Kier alpha value is -0.780. The first-order valence-electron chi connectivity index (χ1n) is 6.73. The van der Waals surface area contributed by atoms with Crippen LogP contribution in [0, 0.1) is 0 Å². The first kappa shape index (κ1) is 15.6. The highest BCUT2D eigenvalue weighted by atomic mass is 79.9. The fourth-order valence-corrected chi connectivity index (χ4v) is 2.90. The van der Waals surface area contributed by atoms with E-state index in [0.717, 1.165) is 17.4 Å². The molecular formula is C14H18BrClN2O2. The molecule has 0 aromatic heterocycles. The summed E-state index contributed by atoms with van der Waals surface area (Å²) in [7, 11) is 0. The predicted molar refractivity (Wildman–Crippen MR) is 83.3 cm³/mol. The number of hydrogen-bond acceptors (Lipinski definition) is 3. The van der Waals surface area contributed by atoms with Crippen molar-refractivity contribution in [2.75, 3.05) is 19.7 Å². The van der Waals surface area contributed by atoms with Gasteiger partial charge in [0.2, 0.25) is 5.91 Å². The topological polar surface area (TPSA) is 50.4 Å². The summed E-state index contributed by atoms with van der Waals surface area (Å²) in [4.78, 5) is 11.7. The molecule has 0 saturated carbocycles. The molecule has 1 unspecified atom stereocenters. The first-order valence-corrected chi connectivity index (χ1v) is 7.90. The zero-order chi connectivity index (χ0) is 14.4. The van der Waals surface area contributed by atoms with Gasteiger partial charge in [0.05, 0.1) is 17.5 Å². The maximum Gasteiger partial charge on any atom is 0.223 e. The van der Waals surface area contributed by atoms with Crippen LogP contribution in [0.5, 0.6) is 5.75 Å². The quantitative estimate of drug-likeness (QED) is 0.819. The van der Waals surface area contributed by atoms with E-state index in [9.17, 15) is 4.79 Å². The summed E-state index contributed by atoms with van der Waals surface area (Å²) in [6.07, 6.45) is 2.67. The molecule has 0 radical (unpaired) electrons. The molecular weight excluding hydrogens is 344 g/mol. The van der Waals surface area contributed by atoms with Gasteiger partial charge in [-0.25, -0.2) is 0 Å². The van der Waals surface area contributed by atoms with Gasteiger partial charge < -0.3 is 15.4 Å². The molecule has 1 saturated heterocycles. The SMILES string of the molecule is O=C(CCOc1ccc(Cl)cc1Br)NCC1CCCN1. The molecule has 1 atom stereocenters. The number of hydrogen-bond donors (Lipinski definition) is 2. The summed E-state index contributed by atoms with van der Waals surface area (Å²) in [5.41, 5.74) is 0. The summed E-state index contributed by atoms with van der Waals surface area (Å²) >= 11 is 9.22. The Kier molecular flexibility index (Phi) is 6.13. The lowest BCUT2D eigenvalue weighted by molar-refractivity contribution is -0.121. The van der Waals surface area contributed by atoms with Crippen LogP contribution in [-0.2, 0) is 4.79 Å². The van der Waals surface area contributed by atoms with E-state index in [-0.39, 0.29) is 5.91 Å². The van der Waals surface area contributed by atoms with Crippen LogP contribution in [0.3, 0.4) is 0 Å². The summed E-state index contributed by atoms with van der Waals surface area (Å²) in [6.45, 7) is 2.10. The molecule has 1 fully saturated rings. The molecule has 0 spiro atoms. The summed E-state index contributed by atoms with van der Waals surface area (Å²) in [6, 6.07) is 5.73. The Morgan fingerprint density at radius 2 is 2.40 bits per heavy atom. The normalized spacial score (nSPS) is 18.0. The van der Waals surface area contributed by atoms with E-state index in [1.54, 1.807) is 18.2 Å². The molecule has 1 aliphatic heterocycles. The van der Waals surface area contributed by atoms with E-state index in [2.05, 4.69) is 26.6 Å². The fraction of sp³-hybridized carbons (Fsp3) is 0.500. The number of ether oxygens (including phenoxy) is 1. The van der Waals surface area contributed by atoms with E-state index in [0.29, 0.717) is 36.4 Å². The summed E-state index contributed by atoms with van der Waals surface area (Å²) in [5.74, 6) is 0.712. The highest BCUT2D eigenvalue weighted by Gasteiger charge is 2.14. The van der Waals surface area contributed by atoms with E-state index in [1.807, 2.05) is 0 Å². The van der Waals surface area contributed by atoms with Crippen LogP contribution in [0.2, 0.25) is 5.02 Å². The number of carbonyl (C=O) groups excluding carboxylic acids is 1. The molecule has 110 valence electrons. The Bertz CT molecular complexity index is 464. The van der Waals surface area contributed by atoms with E-state index >= 15 is 0 Å². The largest absolute Gasteiger partial charge is 0.492 e. The molecule has 1 heterocycles. The van der Waals surface area contributed by atoms with Gasteiger partial charge >= 0.3 is 0 Å². The van der Waals surface area contributed by atoms with E-state index < -0.39 is 0 Å². The van der Waals surface area contributed by atoms with Gasteiger partial charge in [-0.05, 0) is 53.5 Å². The monoisotopic (exact) mass is 360 g/mol. The molecule has 0 aliphatic carbocycles. The average molecular weight is 362 g/mol. The Labute approximate surface area is 132 Å². The van der Waals surface area contributed by atoms with Crippen molar-refractivity contribution in [3.63, 3.8) is 0 Å². The molecule has 2 rings (SSSR count). The lowest BCUT2D eigenvalue weighted by Crippen LogP contribution is -2.37. The minimum absolute atomic E-state index is 0.0174. The summed E-state index contributed by atoms with van der Waals surface area (Å²) < 4.78 is 6.34. The molecule has 1 aliphatic rings. The third kappa shape index (κ3) is 4.96. The van der Waals surface area contributed by atoms with Crippen molar-refractivity contribution >= 4 is 33.4 Å². The van der Waals surface area contributed by atoms with E-state index in [4.69, 9.17) is 16.3 Å². The Morgan fingerprint density at radius 1 is 1.55 bits per heavy atom. The number of benzene rings is 1. The first-order chi connectivity index (χ1) is 9.65. The van der Waals surface area contributed by atoms with Crippen LogP contribution in [0.1, 0.15) is 19.3 Å². The van der Waals surface area contributed by atoms with Crippen LogP contribution < -0.4 is 15.4 Å². The lowest BCUT2D eigenvalue weighted by atomic mass is 10.2. The maximum absolute atomic E-state index is 11.7. The van der Waals surface area contributed by atoms with Gasteiger partial charge in [-0.3, -0.25) is 4.79 Å². The number of carbonyl (C=O) groups is 1. The highest BCUT2D eigenvalue weighted by molar-refractivity contribution is 9.10. The van der Waals surface area contributed by atoms with Gasteiger partial charge in [0.15, 0.2) is 0 Å². The number of halogens is 2. The molecule has 20 heavy (non-hydrogen) atoms. The van der Waals surface area contributed by atoms with Crippen molar-refractivity contribution < 1.29 is 9.53 Å². The smallest absolute Gasteiger partial charge is 0.223 e. The zero-order valence-corrected chi connectivity index (χ0v) is 13.5. The summed E-state index contributed by atoms with van der Waals surface area (Å²) in [5, 5.41) is 6.91. The average Bonchev–Trinajstić information content (AvgIpc) is 2.92. The van der Waals surface area contributed by atoms with Crippen LogP contribution in [0.25, 0.3) is 0 Å².